The SMILES string of the molecule is COC1CCNC1=C=O. The molecule has 9 heavy (non-hydrogen) atoms. The Balaban J connectivity index is 2.62. The predicted molar refractivity (Wildman–Crippen MR) is 32.6 cm³/mol. The highest BCUT2D eigenvalue weighted by molar-refractivity contribution is 5.54. The molecule has 0 radical (unpaired) electrons. The first kappa shape index (κ1) is 6.33. The van der Waals surface area contributed by atoms with Crippen LogP contribution in [-0.2, 0) is 9.53 Å². The molecule has 3 heteroatoms. The van der Waals surface area contributed by atoms with E-state index in [1.54, 1.807) is 13.1 Å². The average Bonchev–Trinajstić information content (AvgIpc) is 2.33. The van der Waals surface area contributed by atoms with Gasteiger partial charge in [0.15, 0.2) is 0 Å². The van der Waals surface area contributed by atoms with Crippen molar-refractivity contribution in [3.8, 4) is 0 Å². The monoisotopic (exact) mass is 127 g/mol. The molecule has 0 saturated carbocycles. The molecule has 0 aromatic carbocycles. The first-order valence-corrected chi connectivity index (χ1v) is 2.90. The van der Waals surface area contributed by atoms with Crippen LogP contribution in [0.3, 0.4) is 0 Å². The van der Waals surface area contributed by atoms with E-state index in [-0.39, 0.29) is 6.10 Å². The lowest BCUT2D eigenvalue weighted by Crippen LogP contribution is -2.12. The maximum absolute atomic E-state index is 10.1. The Hall–Kier alpha value is -0.790. The molecule has 1 saturated heterocycles. The normalized spacial score (nSPS) is 25.4. The van der Waals surface area contributed by atoms with E-state index in [1.807, 2.05) is 0 Å². The van der Waals surface area contributed by atoms with Crippen LogP contribution in [0.1, 0.15) is 6.42 Å². The molecular formula is C6H9NO2. The lowest BCUT2D eigenvalue weighted by molar-refractivity contribution is 0.139. The summed E-state index contributed by atoms with van der Waals surface area (Å²) in [5.41, 5.74) is 0.553. The summed E-state index contributed by atoms with van der Waals surface area (Å²) in [6.07, 6.45) is 0.837. The van der Waals surface area contributed by atoms with Gasteiger partial charge in [-0.3, -0.25) is 0 Å². The predicted octanol–water partition coefficient (Wildman–Crippen LogP) is -0.290. The number of methoxy groups -OCH3 is 1. The summed E-state index contributed by atoms with van der Waals surface area (Å²) < 4.78 is 4.95. The van der Waals surface area contributed by atoms with Crippen LogP contribution in [-0.4, -0.2) is 25.7 Å². The molecule has 1 aliphatic heterocycles. The highest BCUT2D eigenvalue weighted by atomic mass is 16.5. The van der Waals surface area contributed by atoms with Gasteiger partial charge < -0.3 is 10.1 Å². The van der Waals surface area contributed by atoms with Crippen molar-refractivity contribution in [1.29, 1.82) is 0 Å². The average molecular weight is 127 g/mol. The third-order valence-corrected chi connectivity index (χ3v) is 1.44. The van der Waals surface area contributed by atoms with E-state index in [0.717, 1.165) is 13.0 Å². The summed E-state index contributed by atoms with van der Waals surface area (Å²) in [5.74, 6) is 1.80. The smallest absolute Gasteiger partial charge is 0.148 e. The van der Waals surface area contributed by atoms with Gasteiger partial charge in [0.1, 0.15) is 17.7 Å². The maximum Gasteiger partial charge on any atom is 0.148 e. The first-order chi connectivity index (χ1) is 4.38. The summed E-state index contributed by atoms with van der Waals surface area (Å²) in [5, 5.41) is 2.88. The van der Waals surface area contributed by atoms with Gasteiger partial charge in [-0.25, -0.2) is 4.79 Å². The Morgan fingerprint density at radius 1 is 1.89 bits per heavy atom. The molecule has 1 N–H and O–H groups in total. The van der Waals surface area contributed by atoms with E-state index in [2.05, 4.69) is 5.32 Å². The van der Waals surface area contributed by atoms with E-state index in [1.165, 1.54) is 0 Å². The zero-order valence-corrected chi connectivity index (χ0v) is 5.31. The van der Waals surface area contributed by atoms with Gasteiger partial charge in [-0.1, -0.05) is 0 Å². The van der Waals surface area contributed by atoms with Crippen LogP contribution in [0.4, 0.5) is 0 Å². The van der Waals surface area contributed by atoms with Gasteiger partial charge in [0.25, 0.3) is 0 Å². The third-order valence-electron chi connectivity index (χ3n) is 1.44. The fourth-order valence-electron chi connectivity index (χ4n) is 0.934. The van der Waals surface area contributed by atoms with Gasteiger partial charge in [0, 0.05) is 13.7 Å². The minimum Gasteiger partial charge on any atom is -0.377 e. The lowest BCUT2D eigenvalue weighted by atomic mass is 10.3. The standard InChI is InChI=1S/C6H9NO2/c1-9-6-2-3-7-5(6)4-8/h6-7H,2-3H2,1H3. The first-order valence-electron chi connectivity index (χ1n) is 2.90. The van der Waals surface area contributed by atoms with Crippen LogP contribution >= 0.6 is 0 Å². The van der Waals surface area contributed by atoms with Crippen LogP contribution in [0.2, 0.25) is 0 Å². The van der Waals surface area contributed by atoms with Crippen molar-refractivity contribution in [3.63, 3.8) is 0 Å². The Morgan fingerprint density at radius 2 is 2.67 bits per heavy atom. The van der Waals surface area contributed by atoms with Crippen LogP contribution in [0.15, 0.2) is 5.70 Å². The lowest BCUT2D eigenvalue weighted by Gasteiger charge is -2.02. The number of hydrogen-bond donors (Lipinski definition) is 1. The molecule has 0 aliphatic carbocycles. The number of nitrogens with one attached hydrogen (secondary N) is 1. The molecule has 1 fully saturated rings. The van der Waals surface area contributed by atoms with Gasteiger partial charge >= 0.3 is 0 Å². The molecule has 1 unspecified atom stereocenters. The Morgan fingerprint density at radius 3 is 3.11 bits per heavy atom. The van der Waals surface area contributed by atoms with Gasteiger partial charge in [0.2, 0.25) is 0 Å². The molecular weight excluding hydrogens is 118 g/mol. The zero-order chi connectivity index (χ0) is 6.69. The highest BCUT2D eigenvalue weighted by Crippen LogP contribution is 2.09. The summed E-state index contributed by atoms with van der Waals surface area (Å²) >= 11 is 0. The molecule has 0 bridgehead atoms. The van der Waals surface area contributed by atoms with Crippen molar-refractivity contribution in [2.24, 2.45) is 0 Å². The van der Waals surface area contributed by atoms with Crippen LogP contribution in [0.5, 0.6) is 0 Å². The molecule has 50 valence electrons. The summed E-state index contributed by atoms with van der Waals surface area (Å²) in [6.45, 7) is 0.822. The third kappa shape index (κ3) is 1.12. The van der Waals surface area contributed by atoms with E-state index in [4.69, 9.17) is 4.74 Å². The fourth-order valence-corrected chi connectivity index (χ4v) is 0.934. The molecule has 0 aromatic rings. The summed E-state index contributed by atoms with van der Waals surface area (Å²) in [7, 11) is 1.59. The molecule has 0 amide bonds. The minimum atomic E-state index is -0.0394. The van der Waals surface area contributed by atoms with Crippen molar-refractivity contribution < 1.29 is 9.53 Å². The fraction of sp³-hybridized carbons (Fsp3) is 0.667. The van der Waals surface area contributed by atoms with E-state index in [0.29, 0.717) is 5.70 Å². The number of ether oxygens (including phenoxy) is 1. The van der Waals surface area contributed by atoms with Gasteiger partial charge in [-0.2, -0.15) is 0 Å². The second-order valence-electron chi connectivity index (χ2n) is 1.96. The Labute approximate surface area is 53.7 Å². The molecule has 3 nitrogen and oxygen atoms in total. The Bertz CT molecular complexity index is 149. The number of rotatable bonds is 1. The highest BCUT2D eigenvalue weighted by Gasteiger charge is 2.20. The quantitative estimate of drug-likeness (QED) is 0.492. The van der Waals surface area contributed by atoms with Crippen LogP contribution < -0.4 is 5.32 Å². The molecule has 1 heterocycles. The molecule has 1 atom stereocenters. The topological polar surface area (TPSA) is 38.3 Å². The zero-order valence-electron chi connectivity index (χ0n) is 5.31. The van der Waals surface area contributed by atoms with Crippen molar-refractivity contribution in [2.75, 3.05) is 13.7 Å². The molecule has 1 rings (SSSR count). The van der Waals surface area contributed by atoms with E-state index in [9.17, 15) is 4.79 Å². The number of hydrogen-bond acceptors (Lipinski definition) is 3. The second kappa shape index (κ2) is 2.67. The van der Waals surface area contributed by atoms with Crippen molar-refractivity contribution in [1.82, 2.24) is 5.32 Å². The van der Waals surface area contributed by atoms with Crippen LogP contribution in [0, 0.1) is 0 Å². The van der Waals surface area contributed by atoms with Gasteiger partial charge in [0.05, 0.1) is 0 Å². The van der Waals surface area contributed by atoms with Gasteiger partial charge in [-0.15, -0.1) is 0 Å². The molecule has 0 aromatic heterocycles. The Kier molecular flexibility index (Phi) is 1.88. The molecule has 1 aliphatic rings. The van der Waals surface area contributed by atoms with Gasteiger partial charge in [-0.05, 0) is 6.42 Å². The number of carbonyl (C=O) groups excluding carboxylic acids is 1. The minimum absolute atomic E-state index is 0.0394. The maximum atomic E-state index is 10.1. The van der Waals surface area contributed by atoms with E-state index < -0.39 is 0 Å². The van der Waals surface area contributed by atoms with Crippen molar-refractivity contribution in [3.05, 3.63) is 5.70 Å². The summed E-state index contributed by atoms with van der Waals surface area (Å²) in [6, 6.07) is 0. The van der Waals surface area contributed by atoms with E-state index >= 15 is 0 Å². The van der Waals surface area contributed by atoms with Crippen LogP contribution in [0.25, 0.3) is 0 Å². The van der Waals surface area contributed by atoms with Crippen molar-refractivity contribution >= 4 is 5.94 Å². The van der Waals surface area contributed by atoms with Crippen molar-refractivity contribution in [2.45, 2.75) is 12.5 Å². The second-order valence-corrected chi connectivity index (χ2v) is 1.96. The largest absolute Gasteiger partial charge is 0.377 e. The summed E-state index contributed by atoms with van der Waals surface area (Å²) in [4.78, 5) is 10.1. The molecule has 0 spiro atoms.